The van der Waals surface area contributed by atoms with Crippen LogP contribution in [0, 0.1) is 0 Å². The molecule has 1 aliphatic heterocycles. The molecule has 27 heavy (non-hydrogen) atoms. The van der Waals surface area contributed by atoms with Crippen molar-refractivity contribution in [1.82, 2.24) is 28.5 Å². The summed E-state index contributed by atoms with van der Waals surface area (Å²) in [5.74, 6) is -0.179. The number of hydrogen-bond donors (Lipinski definition) is 0. The molecule has 2 aliphatic rings. The number of imidazole rings is 1. The number of carbonyl (C=O) groups excluding carboxylic acids is 1. The summed E-state index contributed by atoms with van der Waals surface area (Å²) in [4.78, 5) is 46.4. The quantitative estimate of drug-likeness (QED) is 0.725. The third-order valence-corrected chi connectivity index (χ3v) is 6.00. The predicted octanol–water partition coefficient (Wildman–Crippen LogP) is -0.479. The summed E-state index contributed by atoms with van der Waals surface area (Å²) in [6.07, 6.45) is 6.60. The van der Waals surface area contributed by atoms with Gasteiger partial charge in [0.25, 0.3) is 5.56 Å². The summed E-state index contributed by atoms with van der Waals surface area (Å²) in [6.45, 7) is 2.81. The van der Waals surface area contributed by atoms with Crippen LogP contribution in [0.25, 0.3) is 11.2 Å². The lowest BCUT2D eigenvalue weighted by atomic mass is 10.2. The minimum absolute atomic E-state index is 0.179. The molecule has 1 saturated heterocycles. The lowest BCUT2D eigenvalue weighted by Crippen LogP contribution is -2.53. The van der Waals surface area contributed by atoms with Crippen LogP contribution >= 0.6 is 0 Å². The second-order valence-electron chi connectivity index (χ2n) is 7.62. The van der Waals surface area contributed by atoms with E-state index in [1.807, 2.05) is 0 Å². The molecule has 1 saturated carbocycles. The Morgan fingerprint density at radius 1 is 1.11 bits per heavy atom. The van der Waals surface area contributed by atoms with Crippen LogP contribution in [0.5, 0.6) is 0 Å². The number of nitrogens with zero attached hydrogens (tertiary/aromatic N) is 6. The highest BCUT2D eigenvalue weighted by Crippen LogP contribution is 2.24. The van der Waals surface area contributed by atoms with Gasteiger partial charge in [0.15, 0.2) is 11.2 Å². The smallest absolute Gasteiger partial charge is 0.332 e. The SMILES string of the molecule is Cn1cnc2c1c(=O)n(CC(=O)N1CCN(C3CCCC3)CC1)c(=O)n2C. The largest absolute Gasteiger partial charge is 0.339 e. The van der Waals surface area contributed by atoms with Crippen molar-refractivity contribution >= 4 is 17.1 Å². The molecule has 0 unspecified atom stereocenters. The highest BCUT2D eigenvalue weighted by Gasteiger charge is 2.28. The maximum absolute atomic E-state index is 12.7. The van der Waals surface area contributed by atoms with Crippen LogP contribution in [-0.2, 0) is 25.4 Å². The van der Waals surface area contributed by atoms with Crippen molar-refractivity contribution in [3.05, 3.63) is 27.2 Å². The lowest BCUT2D eigenvalue weighted by Gasteiger charge is -2.38. The highest BCUT2D eigenvalue weighted by molar-refractivity contribution is 5.77. The second-order valence-corrected chi connectivity index (χ2v) is 7.62. The van der Waals surface area contributed by atoms with Gasteiger partial charge < -0.3 is 9.47 Å². The van der Waals surface area contributed by atoms with Gasteiger partial charge in [-0.15, -0.1) is 0 Å². The number of amides is 1. The van der Waals surface area contributed by atoms with Gasteiger partial charge in [0.2, 0.25) is 5.91 Å². The van der Waals surface area contributed by atoms with Crippen molar-refractivity contribution in [2.45, 2.75) is 38.3 Å². The first-order valence-corrected chi connectivity index (χ1v) is 9.60. The Hall–Kier alpha value is -2.42. The number of fused-ring (bicyclic) bond motifs is 1. The van der Waals surface area contributed by atoms with E-state index in [-0.39, 0.29) is 12.5 Å². The van der Waals surface area contributed by atoms with Gasteiger partial charge >= 0.3 is 5.69 Å². The summed E-state index contributed by atoms with van der Waals surface area (Å²) in [5.41, 5.74) is -0.312. The highest BCUT2D eigenvalue weighted by atomic mass is 16.2. The van der Waals surface area contributed by atoms with E-state index in [0.29, 0.717) is 30.3 Å². The fraction of sp³-hybridized carbons (Fsp3) is 0.667. The van der Waals surface area contributed by atoms with E-state index in [1.165, 1.54) is 36.6 Å². The molecule has 2 aromatic rings. The van der Waals surface area contributed by atoms with Crippen LogP contribution in [0.1, 0.15) is 25.7 Å². The Kier molecular flexibility index (Phi) is 4.63. The van der Waals surface area contributed by atoms with E-state index in [1.54, 1.807) is 23.6 Å². The van der Waals surface area contributed by atoms with Crippen LogP contribution in [0.4, 0.5) is 0 Å². The van der Waals surface area contributed by atoms with E-state index in [0.717, 1.165) is 17.7 Å². The Balaban J connectivity index is 1.51. The Bertz CT molecular complexity index is 973. The summed E-state index contributed by atoms with van der Waals surface area (Å²) in [6, 6.07) is 0.657. The van der Waals surface area contributed by atoms with Gasteiger partial charge in [0.1, 0.15) is 6.54 Å². The molecule has 0 spiro atoms. The predicted molar refractivity (Wildman–Crippen MR) is 101 cm³/mol. The minimum atomic E-state index is -0.510. The van der Waals surface area contributed by atoms with Gasteiger partial charge in [-0.1, -0.05) is 12.8 Å². The molecule has 0 radical (unpaired) electrons. The molecule has 0 N–H and O–H groups in total. The van der Waals surface area contributed by atoms with E-state index in [2.05, 4.69) is 9.88 Å². The van der Waals surface area contributed by atoms with Crippen molar-refractivity contribution in [2.75, 3.05) is 26.2 Å². The van der Waals surface area contributed by atoms with Crippen LogP contribution in [0.3, 0.4) is 0 Å². The van der Waals surface area contributed by atoms with Crippen LogP contribution in [-0.4, -0.2) is 66.6 Å². The molecule has 1 aliphatic carbocycles. The van der Waals surface area contributed by atoms with Gasteiger partial charge in [0.05, 0.1) is 6.33 Å². The first kappa shape index (κ1) is 18.0. The molecule has 146 valence electrons. The molecule has 3 heterocycles. The normalized spacial score (nSPS) is 19.3. The average molecular weight is 374 g/mol. The number of rotatable bonds is 3. The molecular formula is C18H26N6O3. The molecule has 2 aromatic heterocycles. The first-order chi connectivity index (χ1) is 13.0. The molecular weight excluding hydrogens is 348 g/mol. The van der Waals surface area contributed by atoms with E-state index < -0.39 is 11.2 Å². The number of aromatic nitrogens is 4. The topological polar surface area (TPSA) is 85.4 Å². The van der Waals surface area contributed by atoms with Crippen molar-refractivity contribution in [3.63, 3.8) is 0 Å². The molecule has 9 heteroatoms. The molecule has 9 nitrogen and oxygen atoms in total. The zero-order valence-corrected chi connectivity index (χ0v) is 15.9. The third-order valence-electron chi connectivity index (χ3n) is 6.00. The second kappa shape index (κ2) is 6.95. The number of hydrogen-bond acceptors (Lipinski definition) is 5. The summed E-state index contributed by atoms with van der Waals surface area (Å²) in [5, 5.41) is 0. The first-order valence-electron chi connectivity index (χ1n) is 9.60. The fourth-order valence-electron chi connectivity index (χ4n) is 4.38. The van der Waals surface area contributed by atoms with Crippen molar-refractivity contribution in [1.29, 1.82) is 0 Å². The van der Waals surface area contributed by atoms with Crippen molar-refractivity contribution in [2.24, 2.45) is 14.1 Å². The maximum atomic E-state index is 12.7. The Labute approximate surface area is 156 Å². The molecule has 0 aromatic carbocycles. The van der Waals surface area contributed by atoms with Crippen LogP contribution in [0.2, 0.25) is 0 Å². The van der Waals surface area contributed by atoms with Gasteiger partial charge in [-0.2, -0.15) is 0 Å². The molecule has 4 rings (SSSR count). The maximum Gasteiger partial charge on any atom is 0.332 e. The molecule has 0 atom stereocenters. The van der Waals surface area contributed by atoms with Crippen molar-refractivity contribution < 1.29 is 4.79 Å². The standard InChI is InChI=1S/C18H26N6O3/c1-20-12-19-16-15(20)17(26)24(18(27)21(16)2)11-14(25)23-9-7-22(8-10-23)13-5-3-4-6-13/h12-13H,3-11H2,1-2H3. The summed E-state index contributed by atoms with van der Waals surface area (Å²) < 4.78 is 3.93. The number of carbonyl (C=O) groups is 1. The molecule has 0 bridgehead atoms. The zero-order chi connectivity index (χ0) is 19.1. The third kappa shape index (κ3) is 3.09. The zero-order valence-electron chi connectivity index (χ0n) is 15.9. The van der Waals surface area contributed by atoms with Gasteiger partial charge in [-0.05, 0) is 12.8 Å². The Morgan fingerprint density at radius 3 is 2.44 bits per heavy atom. The van der Waals surface area contributed by atoms with Gasteiger partial charge in [-0.3, -0.25) is 19.1 Å². The summed E-state index contributed by atoms with van der Waals surface area (Å²) >= 11 is 0. The van der Waals surface area contributed by atoms with Gasteiger partial charge in [0, 0.05) is 46.3 Å². The fourth-order valence-corrected chi connectivity index (χ4v) is 4.38. The minimum Gasteiger partial charge on any atom is -0.339 e. The average Bonchev–Trinajstić information content (AvgIpc) is 3.33. The number of piperazine rings is 1. The molecule has 1 amide bonds. The number of aryl methyl sites for hydroxylation is 2. The van der Waals surface area contributed by atoms with E-state index in [4.69, 9.17) is 0 Å². The van der Waals surface area contributed by atoms with Crippen molar-refractivity contribution in [3.8, 4) is 0 Å². The Morgan fingerprint density at radius 2 is 1.78 bits per heavy atom. The van der Waals surface area contributed by atoms with Gasteiger partial charge in [-0.25, -0.2) is 14.3 Å². The summed E-state index contributed by atoms with van der Waals surface area (Å²) in [7, 11) is 3.27. The monoisotopic (exact) mass is 374 g/mol. The molecule has 2 fully saturated rings. The van der Waals surface area contributed by atoms with Crippen LogP contribution in [0.15, 0.2) is 15.9 Å². The van der Waals surface area contributed by atoms with E-state index >= 15 is 0 Å². The van der Waals surface area contributed by atoms with Crippen LogP contribution < -0.4 is 11.2 Å². The lowest BCUT2D eigenvalue weighted by molar-refractivity contribution is -0.134. The van der Waals surface area contributed by atoms with E-state index in [9.17, 15) is 14.4 Å².